The van der Waals surface area contributed by atoms with Crippen molar-refractivity contribution in [2.45, 2.75) is 72.4 Å². The third kappa shape index (κ3) is 7.69. The van der Waals surface area contributed by atoms with Crippen LogP contribution in [0.1, 0.15) is 68.5 Å². The fraction of sp³-hybridized carbons (Fsp3) is 0.400. The van der Waals surface area contributed by atoms with Crippen molar-refractivity contribution in [2.24, 2.45) is 0 Å². The summed E-state index contributed by atoms with van der Waals surface area (Å²) >= 11 is 0. The molecular formula is C30H38N4O5. The first-order chi connectivity index (χ1) is 18.4. The number of nitrogens with one attached hydrogen (secondary N) is 2. The highest BCUT2D eigenvalue weighted by atomic mass is 16.5. The van der Waals surface area contributed by atoms with Crippen molar-refractivity contribution >= 4 is 29.2 Å². The van der Waals surface area contributed by atoms with Gasteiger partial charge in [0.15, 0.2) is 5.82 Å². The summed E-state index contributed by atoms with van der Waals surface area (Å²) in [7, 11) is 1.57. The number of anilines is 2. The lowest BCUT2D eigenvalue weighted by Crippen LogP contribution is -2.50. The maximum Gasteiger partial charge on any atom is 0.248 e. The second-order valence-electron chi connectivity index (χ2n) is 10.3. The standard InChI is InChI=1S/C30H38N4O5/c1-8-30(5,6)32-29(37)28(22-10-12-23(38-7)13-11-22)34(24-14-9-19(2)17-20(24)3)27(36)16-15-26(35)31-25-18-21(4)39-33-25/h9-14,17-18,28H,8,15-16H2,1-7H3,(H,32,37)(H,31,33,35)/t28-/m1/s1. The molecule has 208 valence electrons. The number of hydrogen-bond acceptors (Lipinski definition) is 6. The third-order valence-electron chi connectivity index (χ3n) is 6.63. The van der Waals surface area contributed by atoms with Crippen LogP contribution in [0.5, 0.6) is 5.75 Å². The molecule has 2 aromatic carbocycles. The molecule has 3 rings (SSSR count). The van der Waals surface area contributed by atoms with E-state index in [0.717, 1.165) is 11.1 Å². The normalized spacial score (nSPS) is 12.0. The molecule has 1 heterocycles. The first-order valence-electron chi connectivity index (χ1n) is 13.0. The fourth-order valence-corrected chi connectivity index (χ4v) is 4.16. The number of aryl methyl sites for hydroxylation is 3. The number of carbonyl (C=O) groups is 3. The molecule has 0 bridgehead atoms. The van der Waals surface area contributed by atoms with Gasteiger partial charge in [-0.25, -0.2) is 0 Å². The molecule has 2 N–H and O–H groups in total. The zero-order chi connectivity index (χ0) is 28.7. The van der Waals surface area contributed by atoms with Crippen LogP contribution < -0.4 is 20.3 Å². The van der Waals surface area contributed by atoms with Crippen molar-refractivity contribution in [3.63, 3.8) is 0 Å². The minimum absolute atomic E-state index is 0.0937. The summed E-state index contributed by atoms with van der Waals surface area (Å²) in [5.74, 6) is 0.423. The molecule has 0 fully saturated rings. The molecule has 0 spiro atoms. The van der Waals surface area contributed by atoms with Crippen LogP contribution in [0.3, 0.4) is 0 Å². The Kier molecular flexibility index (Phi) is 9.51. The van der Waals surface area contributed by atoms with Gasteiger partial charge in [0.05, 0.1) is 7.11 Å². The van der Waals surface area contributed by atoms with Crippen molar-refractivity contribution < 1.29 is 23.6 Å². The lowest BCUT2D eigenvalue weighted by molar-refractivity contribution is -0.128. The molecule has 39 heavy (non-hydrogen) atoms. The van der Waals surface area contributed by atoms with Crippen molar-refractivity contribution in [2.75, 3.05) is 17.3 Å². The van der Waals surface area contributed by atoms with Gasteiger partial charge < -0.3 is 19.9 Å². The number of amides is 3. The third-order valence-corrected chi connectivity index (χ3v) is 6.63. The first kappa shape index (κ1) is 29.4. The van der Waals surface area contributed by atoms with E-state index in [1.54, 1.807) is 44.4 Å². The van der Waals surface area contributed by atoms with E-state index in [2.05, 4.69) is 15.8 Å². The van der Waals surface area contributed by atoms with Gasteiger partial charge in [-0.1, -0.05) is 41.9 Å². The minimum atomic E-state index is -0.975. The molecular weight excluding hydrogens is 496 g/mol. The molecule has 0 aliphatic heterocycles. The second-order valence-corrected chi connectivity index (χ2v) is 10.3. The maximum atomic E-state index is 13.9. The van der Waals surface area contributed by atoms with Gasteiger partial charge in [0.25, 0.3) is 0 Å². The van der Waals surface area contributed by atoms with Crippen LogP contribution in [-0.4, -0.2) is 35.5 Å². The highest BCUT2D eigenvalue weighted by molar-refractivity contribution is 6.03. The van der Waals surface area contributed by atoms with Gasteiger partial charge in [-0.2, -0.15) is 0 Å². The Labute approximate surface area is 229 Å². The average Bonchev–Trinajstić information content (AvgIpc) is 3.30. The molecule has 0 saturated heterocycles. The molecule has 0 aliphatic rings. The summed E-state index contributed by atoms with van der Waals surface area (Å²) in [5, 5.41) is 9.52. The topological polar surface area (TPSA) is 114 Å². The Morgan fingerprint density at radius 3 is 2.28 bits per heavy atom. The SMILES string of the molecule is CCC(C)(C)NC(=O)[C@@H](c1ccc(OC)cc1)N(C(=O)CCC(=O)Nc1cc(C)on1)c1ccc(C)cc1C. The lowest BCUT2D eigenvalue weighted by atomic mass is 9.97. The second kappa shape index (κ2) is 12.6. The first-order valence-corrected chi connectivity index (χ1v) is 13.0. The van der Waals surface area contributed by atoms with E-state index in [9.17, 15) is 14.4 Å². The van der Waals surface area contributed by atoms with E-state index < -0.39 is 11.6 Å². The maximum absolute atomic E-state index is 13.9. The molecule has 3 amide bonds. The van der Waals surface area contributed by atoms with Gasteiger partial charge in [0.1, 0.15) is 17.6 Å². The number of methoxy groups -OCH3 is 1. The van der Waals surface area contributed by atoms with Crippen molar-refractivity contribution in [3.8, 4) is 5.75 Å². The number of nitrogens with zero attached hydrogens (tertiary/aromatic N) is 2. The summed E-state index contributed by atoms with van der Waals surface area (Å²) in [6.07, 6.45) is 0.490. The molecule has 3 aromatic rings. The van der Waals surface area contributed by atoms with Crippen molar-refractivity contribution in [3.05, 3.63) is 71.0 Å². The summed E-state index contributed by atoms with van der Waals surface area (Å²) in [5.41, 5.74) is 2.60. The number of aromatic nitrogens is 1. The number of ether oxygens (including phenoxy) is 1. The highest BCUT2D eigenvalue weighted by Crippen LogP contribution is 2.33. The molecule has 0 radical (unpaired) electrons. The Morgan fingerprint density at radius 2 is 1.72 bits per heavy atom. The van der Waals surface area contributed by atoms with Gasteiger partial charge in [-0.05, 0) is 70.4 Å². The lowest BCUT2D eigenvalue weighted by Gasteiger charge is -2.35. The summed E-state index contributed by atoms with van der Waals surface area (Å²) in [6, 6.07) is 13.4. The van der Waals surface area contributed by atoms with Crippen LogP contribution in [0.2, 0.25) is 0 Å². The Balaban J connectivity index is 2.01. The largest absolute Gasteiger partial charge is 0.497 e. The van der Waals surface area contributed by atoms with Gasteiger partial charge >= 0.3 is 0 Å². The van der Waals surface area contributed by atoms with Gasteiger partial charge in [0, 0.05) is 30.1 Å². The van der Waals surface area contributed by atoms with Crippen molar-refractivity contribution in [1.29, 1.82) is 0 Å². The highest BCUT2D eigenvalue weighted by Gasteiger charge is 2.35. The van der Waals surface area contributed by atoms with E-state index in [1.165, 1.54) is 4.90 Å². The molecule has 0 aliphatic carbocycles. The summed E-state index contributed by atoms with van der Waals surface area (Å²) < 4.78 is 10.3. The van der Waals surface area contributed by atoms with E-state index in [1.807, 2.05) is 52.8 Å². The zero-order valence-electron chi connectivity index (χ0n) is 23.8. The minimum Gasteiger partial charge on any atom is -0.497 e. The number of hydrogen-bond donors (Lipinski definition) is 2. The molecule has 9 heteroatoms. The van der Waals surface area contributed by atoms with Gasteiger partial charge in [-0.15, -0.1) is 0 Å². The smallest absolute Gasteiger partial charge is 0.248 e. The molecule has 9 nitrogen and oxygen atoms in total. The Hall–Kier alpha value is -4.14. The predicted molar refractivity (Wildman–Crippen MR) is 151 cm³/mol. The monoisotopic (exact) mass is 534 g/mol. The van der Waals surface area contributed by atoms with Crippen LogP contribution in [0.25, 0.3) is 0 Å². The average molecular weight is 535 g/mol. The van der Waals surface area contributed by atoms with Crippen molar-refractivity contribution in [1.82, 2.24) is 10.5 Å². The quantitative estimate of drug-likeness (QED) is 0.340. The van der Waals surface area contributed by atoms with Gasteiger partial charge in [0.2, 0.25) is 17.7 Å². The van der Waals surface area contributed by atoms with E-state index in [-0.39, 0.29) is 36.4 Å². The number of carbonyl (C=O) groups excluding carboxylic acids is 3. The summed E-state index contributed by atoms with van der Waals surface area (Å²) in [4.78, 5) is 42.0. The predicted octanol–water partition coefficient (Wildman–Crippen LogP) is 5.41. The number of benzene rings is 2. The van der Waals surface area contributed by atoms with Crippen LogP contribution >= 0.6 is 0 Å². The molecule has 1 atom stereocenters. The van der Waals surface area contributed by atoms with Gasteiger partial charge in [-0.3, -0.25) is 19.3 Å². The Morgan fingerprint density at radius 1 is 1.03 bits per heavy atom. The molecule has 0 saturated carbocycles. The fourth-order valence-electron chi connectivity index (χ4n) is 4.16. The van der Waals surface area contributed by atoms with E-state index in [4.69, 9.17) is 9.26 Å². The molecule has 0 unspecified atom stereocenters. The van der Waals surface area contributed by atoms with Crippen LogP contribution in [-0.2, 0) is 14.4 Å². The van der Waals surface area contributed by atoms with E-state index in [0.29, 0.717) is 29.2 Å². The van der Waals surface area contributed by atoms with Crippen LogP contribution in [0.4, 0.5) is 11.5 Å². The Bertz CT molecular complexity index is 1310. The van der Waals surface area contributed by atoms with E-state index >= 15 is 0 Å². The van der Waals surface area contributed by atoms with Crippen LogP contribution in [0.15, 0.2) is 53.1 Å². The summed E-state index contributed by atoms with van der Waals surface area (Å²) in [6.45, 7) is 11.5. The molecule has 1 aromatic heterocycles. The zero-order valence-corrected chi connectivity index (χ0v) is 23.8. The van der Waals surface area contributed by atoms with Crippen LogP contribution in [0, 0.1) is 20.8 Å². The number of rotatable bonds is 11.